The minimum atomic E-state index is 0.0674. The van der Waals surface area contributed by atoms with Crippen LogP contribution in [0.4, 0.5) is 0 Å². The van der Waals surface area contributed by atoms with Crippen molar-refractivity contribution in [2.24, 2.45) is 5.92 Å². The van der Waals surface area contributed by atoms with Crippen molar-refractivity contribution in [1.82, 2.24) is 9.97 Å². The summed E-state index contributed by atoms with van der Waals surface area (Å²) in [6, 6.07) is 1.90. The highest BCUT2D eigenvalue weighted by atomic mass is 16.1. The van der Waals surface area contributed by atoms with E-state index in [-0.39, 0.29) is 11.7 Å². The van der Waals surface area contributed by atoms with E-state index in [4.69, 9.17) is 0 Å². The number of aromatic nitrogens is 2. The zero-order chi connectivity index (χ0) is 12.3. The first-order valence-electron chi connectivity index (χ1n) is 5.77. The van der Waals surface area contributed by atoms with E-state index in [0.717, 1.165) is 17.2 Å². The Morgan fingerprint density at radius 2 is 1.88 bits per heavy atom. The number of carbonyl (C=O) groups is 1. The van der Waals surface area contributed by atoms with Crippen molar-refractivity contribution in [3.8, 4) is 0 Å². The first-order chi connectivity index (χ1) is 7.40. The molecule has 0 radical (unpaired) electrons. The zero-order valence-electron chi connectivity index (χ0n) is 10.7. The summed E-state index contributed by atoms with van der Waals surface area (Å²) in [4.78, 5) is 20.4. The van der Waals surface area contributed by atoms with Crippen molar-refractivity contribution >= 4 is 5.78 Å². The molecule has 1 aromatic rings. The molecule has 16 heavy (non-hydrogen) atoms. The number of rotatable bonds is 4. The smallest absolute Gasteiger partial charge is 0.141 e. The number of Topliss-reactive ketones (excluding diaryl/α,β-unsaturated/α-hetero) is 1. The Hall–Kier alpha value is -1.25. The second kappa shape index (κ2) is 5.19. The zero-order valence-corrected chi connectivity index (χ0v) is 10.7. The van der Waals surface area contributed by atoms with Gasteiger partial charge in [-0.05, 0) is 13.0 Å². The highest BCUT2D eigenvalue weighted by Gasteiger charge is 2.12. The second-order valence-electron chi connectivity index (χ2n) is 4.81. The molecule has 0 bridgehead atoms. The van der Waals surface area contributed by atoms with Crippen LogP contribution in [-0.2, 0) is 11.2 Å². The van der Waals surface area contributed by atoms with Gasteiger partial charge in [-0.15, -0.1) is 0 Å². The van der Waals surface area contributed by atoms with Gasteiger partial charge in [-0.1, -0.05) is 27.7 Å². The molecule has 3 nitrogen and oxygen atoms in total. The van der Waals surface area contributed by atoms with Crippen LogP contribution in [0.15, 0.2) is 6.07 Å². The molecular weight excluding hydrogens is 200 g/mol. The van der Waals surface area contributed by atoms with E-state index >= 15 is 0 Å². The number of ketones is 1. The van der Waals surface area contributed by atoms with Gasteiger partial charge >= 0.3 is 0 Å². The van der Waals surface area contributed by atoms with Crippen LogP contribution in [0.25, 0.3) is 0 Å². The lowest BCUT2D eigenvalue weighted by Gasteiger charge is -2.08. The molecule has 0 fully saturated rings. The van der Waals surface area contributed by atoms with Gasteiger partial charge in [-0.3, -0.25) is 4.79 Å². The van der Waals surface area contributed by atoms with E-state index in [2.05, 4.69) is 23.8 Å². The first kappa shape index (κ1) is 12.8. The van der Waals surface area contributed by atoms with Crippen LogP contribution in [0.1, 0.15) is 50.8 Å². The summed E-state index contributed by atoms with van der Waals surface area (Å²) < 4.78 is 0. The highest BCUT2D eigenvalue weighted by molar-refractivity contribution is 5.82. The van der Waals surface area contributed by atoms with Crippen molar-refractivity contribution in [3.05, 3.63) is 23.3 Å². The Bertz CT molecular complexity index is 384. The molecule has 0 saturated carbocycles. The highest BCUT2D eigenvalue weighted by Crippen LogP contribution is 2.12. The standard InChI is InChI=1S/C13H20N2O/c1-8(2)12(16)7-11-6-10(5)14-13(15-11)9(3)4/h6,8-9H,7H2,1-5H3. The summed E-state index contributed by atoms with van der Waals surface area (Å²) in [5.41, 5.74) is 1.78. The van der Waals surface area contributed by atoms with Gasteiger partial charge in [0.2, 0.25) is 0 Å². The van der Waals surface area contributed by atoms with Crippen molar-refractivity contribution in [2.45, 2.75) is 47.0 Å². The quantitative estimate of drug-likeness (QED) is 0.783. The second-order valence-corrected chi connectivity index (χ2v) is 4.81. The number of carbonyl (C=O) groups excluding carboxylic acids is 1. The van der Waals surface area contributed by atoms with Crippen LogP contribution in [-0.4, -0.2) is 15.8 Å². The fourth-order valence-corrected chi connectivity index (χ4v) is 1.39. The monoisotopic (exact) mass is 220 g/mol. The molecule has 0 unspecified atom stereocenters. The summed E-state index contributed by atoms with van der Waals surface area (Å²) in [5.74, 6) is 1.42. The van der Waals surface area contributed by atoms with E-state index in [1.807, 2.05) is 26.8 Å². The molecule has 0 amide bonds. The molecule has 88 valence electrons. The Morgan fingerprint density at radius 1 is 1.25 bits per heavy atom. The van der Waals surface area contributed by atoms with Crippen molar-refractivity contribution < 1.29 is 4.79 Å². The Morgan fingerprint density at radius 3 is 2.38 bits per heavy atom. The summed E-state index contributed by atoms with van der Waals surface area (Å²) in [7, 11) is 0. The molecule has 0 aliphatic rings. The van der Waals surface area contributed by atoms with Crippen LogP contribution in [0.5, 0.6) is 0 Å². The van der Waals surface area contributed by atoms with Gasteiger partial charge in [0, 0.05) is 24.0 Å². The van der Waals surface area contributed by atoms with Crippen LogP contribution >= 0.6 is 0 Å². The molecule has 0 N–H and O–H groups in total. The van der Waals surface area contributed by atoms with Crippen LogP contribution < -0.4 is 0 Å². The van der Waals surface area contributed by atoms with Gasteiger partial charge < -0.3 is 0 Å². The maximum atomic E-state index is 11.6. The predicted octanol–water partition coefficient (Wildman–Crippen LogP) is 2.68. The van der Waals surface area contributed by atoms with Gasteiger partial charge in [0.15, 0.2) is 0 Å². The first-order valence-corrected chi connectivity index (χ1v) is 5.77. The minimum Gasteiger partial charge on any atom is -0.299 e. The Labute approximate surface area is 97.3 Å². The van der Waals surface area contributed by atoms with Gasteiger partial charge in [0.1, 0.15) is 11.6 Å². The lowest BCUT2D eigenvalue weighted by molar-refractivity contribution is -0.121. The molecule has 0 spiro atoms. The molecule has 1 aromatic heterocycles. The van der Waals surface area contributed by atoms with Crippen LogP contribution in [0, 0.1) is 12.8 Å². The van der Waals surface area contributed by atoms with Crippen molar-refractivity contribution in [1.29, 1.82) is 0 Å². The van der Waals surface area contributed by atoms with Crippen LogP contribution in [0.2, 0.25) is 0 Å². The maximum Gasteiger partial charge on any atom is 0.141 e. The topological polar surface area (TPSA) is 42.9 Å². The van der Waals surface area contributed by atoms with E-state index in [1.54, 1.807) is 0 Å². The van der Waals surface area contributed by atoms with E-state index < -0.39 is 0 Å². The minimum absolute atomic E-state index is 0.0674. The average Bonchev–Trinajstić information content (AvgIpc) is 2.16. The third-order valence-corrected chi connectivity index (χ3v) is 2.44. The van der Waals surface area contributed by atoms with Gasteiger partial charge in [-0.25, -0.2) is 9.97 Å². The lowest BCUT2D eigenvalue weighted by atomic mass is 10.0. The van der Waals surface area contributed by atoms with Gasteiger partial charge in [-0.2, -0.15) is 0 Å². The molecule has 0 aromatic carbocycles. The normalized spacial score (nSPS) is 11.2. The third kappa shape index (κ3) is 3.40. The lowest BCUT2D eigenvalue weighted by Crippen LogP contribution is -2.13. The van der Waals surface area contributed by atoms with Crippen molar-refractivity contribution in [2.75, 3.05) is 0 Å². The fourth-order valence-electron chi connectivity index (χ4n) is 1.39. The number of aryl methyl sites for hydroxylation is 1. The Balaban J connectivity index is 2.92. The number of hydrogen-bond donors (Lipinski definition) is 0. The molecule has 3 heteroatoms. The van der Waals surface area contributed by atoms with Gasteiger partial charge in [0.25, 0.3) is 0 Å². The summed E-state index contributed by atoms with van der Waals surface area (Å²) in [6.07, 6.45) is 0.417. The third-order valence-electron chi connectivity index (χ3n) is 2.44. The van der Waals surface area contributed by atoms with Crippen molar-refractivity contribution in [3.63, 3.8) is 0 Å². The largest absolute Gasteiger partial charge is 0.299 e. The van der Waals surface area contributed by atoms with E-state index in [9.17, 15) is 4.79 Å². The molecule has 1 rings (SSSR count). The summed E-state index contributed by atoms with van der Waals surface area (Å²) >= 11 is 0. The Kier molecular flexibility index (Phi) is 4.16. The number of hydrogen-bond acceptors (Lipinski definition) is 3. The average molecular weight is 220 g/mol. The summed E-state index contributed by atoms with van der Waals surface area (Å²) in [5, 5.41) is 0. The van der Waals surface area contributed by atoms with E-state index in [0.29, 0.717) is 12.3 Å². The summed E-state index contributed by atoms with van der Waals surface area (Å²) in [6.45, 7) is 9.89. The SMILES string of the molecule is Cc1cc(CC(=O)C(C)C)nc(C(C)C)n1. The maximum absolute atomic E-state index is 11.6. The van der Waals surface area contributed by atoms with E-state index in [1.165, 1.54) is 0 Å². The molecule has 0 saturated heterocycles. The molecule has 0 atom stereocenters. The molecule has 0 aliphatic heterocycles. The fraction of sp³-hybridized carbons (Fsp3) is 0.615. The predicted molar refractivity (Wildman–Crippen MR) is 64.4 cm³/mol. The molecule has 1 heterocycles. The number of nitrogens with zero attached hydrogens (tertiary/aromatic N) is 2. The molecule has 0 aliphatic carbocycles. The molecular formula is C13H20N2O. The van der Waals surface area contributed by atoms with Gasteiger partial charge in [0.05, 0.1) is 5.69 Å². The van der Waals surface area contributed by atoms with Crippen LogP contribution in [0.3, 0.4) is 0 Å².